The van der Waals surface area contributed by atoms with Crippen LogP contribution >= 0.6 is 22.7 Å². The van der Waals surface area contributed by atoms with E-state index in [1.54, 1.807) is 9.80 Å². The van der Waals surface area contributed by atoms with E-state index in [0.717, 1.165) is 11.1 Å². The molecule has 2 aromatic carbocycles. The Morgan fingerprint density at radius 3 is 1.20 bits per heavy atom. The Hall–Kier alpha value is -5.16. The molecule has 0 radical (unpaired) electrons. The molecule has 0 N–H and O–H groups in total. The van der Waals surface area contributed by atoms with Crippen molar-refractivity contribution in [2.75, 3.05) is 52.4 Å². The minimum absolute atomic E-state index is 0.0583. The molecule has 4 aromatic rings. The number of ketones is 2. The van der Waals surface area contributed by atoms with Crippen LogP contribution in [-0.2, 0) is 19.1 Å². The number of likely N-dealkylation sites (tertiary alicyclic amines) is 4. The normalized spacial score (nSPS) is 22.8. The van der Waals surface area contributed by atoms with Gasteiger partial charge in [-0.15, -0.1) is 22.7 Å². The second kappa shape index (κ2) is 19.9. The zero-order chi connectivity index (χ0) is 45.1. The maximum absolute atomic E-state index is 13.8. The summed E-state index contributed by atoms with van der Waals surface area (Å²) < 4.78 is 39.2. The molecule has 4 aliphatic heterocycles. The second-order valence-electron chi connectivity index (χ2n) is 17.3. The first-order valence-corrected chi connectivity index (χ1v) is 23.8. The van der Waals surface area contributed by atoms with Crippen molar-refractivity contribution in [3.05, 3.63) is 115 Å². The lowest BCUT2D eigenvalue weighted by Crippen LogP contribution is -2.60. The van der Waals surface area contributed by atoms with E-state index in [4.69, 9.17) is 9.47 Å². The minimum atomic E-state index is -1.14. The van der Waals surface area contributed by atoms with Gasteiger partial charge in [0.05, 0.1) is 21.8 Å². The second-order valence-corrected chi connectivity index (χ2v) is 19.2. The fourth-order valence-corrected chi connectivity index (χ4v) is 11.5. The smallest absolute Gasteiger partial charge is 0.417 e. The van der Waals surface area contributed by atoms with Crippen LogP contribution in [0.4, 0.5) is 8.78 Å². The number of halogens is 2. The van der Waals surface area contributed by atoms with E-state index in [1.807, 2.05) is 36.7 Å². The van der Waals surface area contributed by atoms with E-state index in [-0.39, 0.29) is 61.1 Å². The number of aryl methyl sites for hydroxylation is 2. The number of carbonyl (C=O) groups is 6. The summed E-state index contributed by atoms with van der Waals surface area (Å²) in [5.41, 5.74) is 2.65. The standard InChI is InChI=1S/C48H52F2N4O8S2/c1-29-17-25-63-43(29)45(57)53-23-15-39(37(27-53)51-19-11-33(12-20-51)41(55)31-3-7-35(49)8-4-31)61-47(59)48(60)62-40-16-24-54(46(58)44-30(2)18-26-64-44)28-38(40)52-21-13-34(14-22-52)42(56)32-5-9-36(50)10-6-32/h3-10,17-18,25-26,33-34,37-40H,11-16,19-24,27-28H2,1-2H3. The van der Waals surface area contributed by atoms with Gasteiger partial charge in [0.1, 0.15) is 23.8 Å². The molecule has 8 rings (SSSR count). The molecule has 64 heavy (non-hydrogen) atoms. The van der Waals surface area contributed by atoms with Crippen LogP contribution < -0.4 is 0 Å². The van der Waals surface area contributed by atoms with Gasteiger partial charge in [0, 0.05) is 62.0 Å². The van der Waals surface area contributed by atoms with Gasteiger partial charge < -0.3 is 19.3 Å². The zero-order valence-electron chi connectivity index (χ0n) is 35.9. The van der Waals surface area contributed by atoms with Crippen molar-refractivity contribution in [2.45, 2.75) is 76.7 Å². The topological polar surface area (TPSA) is 134 Å². The summed E-state index contributed by atoms with van der Waals surface area (Å²) in [5.74, 6) is -4.01. The highest BCUT2D eigenvalue weighted by molar-refractivity contribution is 7.12. The lowest BCUT2D eigenvalue weighted by atomic mass is 9.87. The summed E-state index contributed by atoms with van der Waals surface area (Å²) in [5, 5.41) is 3.75. The van der Waals surface area contributed by atoms with Crippen molar-refractivity contribution in [1.82, 2.24) is 19.6 Å². The Balaban J connectivity index is 0.946. The van der Waals surface area contributed by atoms with Crippen molar-refractivity contribution in [1.29, 1.82) is 0 Å². The first-order valence-electron chi connectivity index (χ1n) is 22.0. The molecule has 6 heterocycles. The van der Waals surface area contributed by atoms with Gasteiger partial charge in [-0.3, -0.25) is 29.0 Å². The molecule has 4 aliphatic rings. The molecule has 12 nitrogen and oxygen atoms in total. The molecule has 0 spiro atoms. The Labute approximate surface area is 379 Å². The molecule has 4 fully saturated rings. The highest BCUT2D eigenvalue weighted by atomic mass is 32.1. The van der Waals surface area contributed by atoms with E-state index < -0.39 is 47.9 Å². The number of nitrogens with zero attached hydrogens (tertiary/aromatic N) is 4. The van der Waals surface area contributed by atoms with Gasteiger partial charge in [0.2, 0.25) is 0 Å². The van der Waals surface area contributed by atoms with E-state index in [1.165, 1.54) is 71.2 Å². The van der Waals surface area contributed by atoms with Crippen molar-refractivity contribution in [2.24, 2.45) is 11.8 Å². The molecule has 4 unspecified atom stereocenters. The third-order valence-electron chi connectivity index (χ3n) is 13.4. The number of benzene rings is 2. The molecule has 4 atom stereocenters. The van der Waals surface area contributed by atoms with Gasteiger partial charge in [-0.25, -0.2) is 18.4 Å². The van der Waals surface area contributed by atoms with Crippen LogP contribution in [0.3, 0.4) is 0 Å². The number of ether oxygens (including phenoxy) is 2. The Bertz CT molecular complexity index is 2190. The summed E-state index contributed by atoms with van der Waals surface area (Å²) in [4.78, 5) is 90.8. The Morgan fingerprint density at radius 2 is 0.875 bits per heavy atom. The van der Waals surface area contributed by atoms with Crippen molar-refractivity contribution < 1.29 is 47.0 Å². The molecular formula is C48H52F2N4O8S2. The molecular weight excluding hydrogens is 863 g/mol. The molecule has 16 heteroatoms. The fraction of sp³-hybridized carbons (Fsp3) is 0.458. The Morgan fingerprint density at radius 1 is 0.516 bits per heavy atom. The minimum Gasteiger partial charge on any atom is -0.452 e. The molecule has 4 saturated heterocycles. The first kappa shape index (κ1) is 45.4. The number of piperidine rings is 4. The van der Waals surface area contributed by atoms with Gasteiger partial charge in [-0.2, -0.15) is 0 Å². The van der Waals surface area contributed by atoms with Crippen molar-refractivity contribution >= 4 is 58.0 Å². The number of Topliss-reactive ketones (excluding diaryl/α,β-unsaturated/α-hetero) is 2. The van der Waals surface area contributed by atoms with Crippen molar-refractivity contribution in [3.8, 4) is 0 Å². The van der Waals surface area contributed by atoms with Crippen LogP contribution in [0.2, 0.25) is 0 Å². The van der Waals surface area contributed by atoms with Gasteiger partial charge in [-0.1, -0.05) is 0 Å². The highest BCUT2D eigenvalue weighted by Gasteiger charge is 2.44. The van der Waals surface area contributed by atoms with Crippen LogP contribution in [0.15, 0.2) is 71.4 Å². The lowest BCUT2D eigenvalue weighted by molar-refractivity contribution is -0.181. The van der Waals surface area contributed by atoms with E-state index in [0.29, 0.717) is 85.8 Å². The van der Waals surface area contributed by atoms with E-state index in [9.17, 15) is 37.5 Å². The first-order chi connectivity index (χ1) is 30.8. The summed E-state index contributed by atoms with van der Waals surface area (Å²) in [7, 11) is 0. The average molecular weight is 915 g/mol. The largest absolute Gasteiger partial charge is 0.452 e. The maximum Gasteiger partial charge on any atom is 0.417 e. The van der Waals surface area contributed by atoms with Crippen LogP contribution in [0, 0.1) is 37.3 Å². The van der Waals surface area contributed by atoms with Crippen molar-refractivity contribution in [3.63, 3.8) is 0 Å². The van der Waals surface area contributed by atoms with Crippen LogP contribution in [0.25, 0.3) is 0 Å². The molecule has 0 saturated carbocycles. The quantitative estimate of drug-likeness (QED) is 0.0946. The molecule has 0 bridgehead atoms. The van der Waals surface area contributed by atoms with Gasteiger partial charge in [0.15, 0.2) is 11.6 Å². The lowest BCUT2D eigenvalue weighted by Gasteiger charge is -2.46. The molecule has 2 aromatic heterocycles. The number of carbonyl (C=O) groups excluding carboxylic acids is 6. The van der Waals surface area contributed by atoms with E-state index >= 15 is 0 Å². The molecule has 2 amide bonds. The summed E-state index contributed by atoms with van der Waals surface area (Å²) in [6.45, 7) is 6.81. The summed E-state index contributed by atoms with van der Waals surface area (Å²) in [6, 6.07) is 14.0. The highest BCUT2D eigenvalue weighted by Crippen LogP contribution is 2.32. The molecule has 338 valence electrons. The Kier molecular flexibility index (Phi) is 14.1. The predicted octanol–water partition coefficient (Wildman–Crippen LogP) is 6.85. The van der Waals surface area contributed by atoms with Crippen LogP contribution in [-0.4, -0.2) is 132 Å². The van der Waals surface area contributed by atoms with Gasteiger partial charge >= 0.3 is 11.9 Å². The monoisotopic (exact) mass is 914 g/mol. The number of esters is 2. The SMILES string of the molecule is Cc1ccsc1C(=O)N1CCC(OC(=O)C(=O)OC2CCN(C(=O)c3sccc3C)CC2N2CCC(C(=O)c3ccc(F)cc3)CC2)C(N2CCC(C(=O)c3ccc(F)cc3)CC2)C1. The maximum atomic E-state index is 13.8. The number of hydrogen-bond acceptors (Lipinski definition) is 12. The van der Waals surface area contributed by atoms with E-state index in [2.05, 4.69) is 9.80 Å². The van der Waals surface area contributed by atoms with Crippen LogP contribution in [0.5, 0.6) is 0 Å². The number of thiophene rings is 2. The summed E-state index contributed by atoms with van der Waals surface area (Å²) >= 11 is 2.74. The average Bonchev–Trinajstić information content (AvgIpc) is 3.96. The number of amides is 2. The summed E-state index contributed by atoms with van der Waals surface area (Å²) in [6.07, 6.45) is 1.12. The third kappa shape index (κ3) is 10.0. The zero-order valence-corrected chi connectivity index (χ0v) is 37.6. The molecule has 0 aliphatic carbocycles. The number of rotatable bonds is 10. The van der Waals surface area contributed by atoms with Crippen LogP contribution in [0.1, 0.15) is 89.7 Å². The predicted molar refractivity (Wildman–Crippen MR) is 237 cm³/mol. The fourth-order valence-electron chi connectivity index (χ4n) is 9.69. The van der Waals surface area contributed by atoms with Gasteiger partial charge in [-0.05, 0) is 148 Å². The third-order valence-corrected chi connectivity index (χ3v) is 15.4. The number of hydrogen-bond donors (Lipinski definition) is 0. The van der Waals surface area contributed by atoms with Gasteiger partial charge in [0.25, 0.3) is 11.8 Å².